The van der Waals surface area contributed by atoms with Gasteiger partial charge in [-0.15, -0.1) is 0 Å². The standard InChI is InChI=1S/C12H20NO2P/c1-3-16(13,4-2)15-10-12-8-6-5-7-11(12)9-14/h3,5-8,14,16H,1,4,9-10,13H2,2H3. The zero-order valence-corrected chi connectivity index (χ0v) is 10.6. The summed E-state index contributed by atoms with van der Waals surface area (Å²) in [4.78, 5) is 0. The van der Waals surface area contributed by atoms with Crippen molar-refractivity contribution in [3.05, 3.63) is 47.8 Å². The minimum atomic E-state index is -2.23. The number of hydrogen-bond donors (Lipinski definition) is 2. The van der Waals surface area contributed by atoms with Crippen molar-refractivity contribution >= 4 is 7.64 Å². The molecule has 0 aliphatic heterocycles. The topological polar surface area (TPSA) is 55.5 Å². The maximum absolute atomic E-state index is 9.17. The van der Waals surface area contributed by atoms with Gasteiger partial charge in [-0.25, -0.2) is 0 Å². The SMILES string of the molecule is C=C[PH](N)(CC)OCc1ccccc1CO. The second-order valence-corrected chi connectivity index (χ2v) is 7.04. The van der Waals surface area contributed by atoms with Gasteiger partial charge in [0, 0.05) is 0 Å². The number of aliphatic hydroxyl groups excluding tert-OH is 1. The molecule has 3 nitrogen and oxygen atoms in total. The van der Waals surface area contributed by atoms with Crippen LogP contribution in [0.2, 0.25) is 0 Å². The van der Waals surface area contributed by atoms with Crippen LogP contribution in [0.5, 0.6) is 0 Å². The number of benzene rings is 1. The van der Waals surface area contributed by atoms with E-state index < -0.39 is 7.64 Å². The molecule has 0 unspecified atom stereocenters. The van der Waals surface area contributed by atoms with Crippen molar-refractivity contribution in [2.24, 2.45) is 5.50 Å². The maximum atomic E-state index is 9.17. The number of hydrogen-bond acceptors (Lipinski definition) is 3. The Morgan fingerprint density at radius 1 is 1.44 bits per heavy atom. The molecular weight excluding hydrogens is 221 g/mol. The van der Waals surface area contributed by atoms with Gasteiger partial charge in [0.15, 0.2) is 0 Å². The molecule has 0 heterocycles. The first-order valence-corrected chi connectivity index (χ1v) is 7.66. The Balaban J connectivity index is 2.70. The Morgan fingerprint density at radius 3 is 2.56 bits per heavy atom. The van der Waals surface area contributed by atoms with Gasteiger partial charge < -0.3 is 0 Å². The van der Waals surface area contributed by atoms with Crippen molar-refractivity contribution in [2.45, 2.75) is 20.1 Å². The fourth-order valence-electron chi connectivity index (χ4n) is 1.37. The van der Waals surface area contributed by atoms with Crippen molar-refractivity contribution in [3.63, 3.8) is 0 Å². The van der Waals surface area contributed by atoms with Crippen LogP contribution in [0.15, 0.2) is 36.7 Å². The van der Waals surface area contributed by atoms with Crippen LogP contribution in [0.4, 0.5) is 0 Å². The summed E-state index contributed by atoms with van der Waals surface area (Å²) in [5.74, 6) is 1.74. The van der Waals surface area contributed by atoms with E-state index >= 15 is 0 Å². The van der Waals surface area contributed by atoms with E-state index in [1.807, 2.05) is 31.2 Å². The molecule has 0 bridgehead atoms. The molecule has 90 valence electrons. The van der Waals surface area contributed by atoms with E-state index in [1.54, 1.807) is 5.82 Å². The normalized spacial score (nSPS) is 12.4. The molecule has 0 atom stereocenters. The summed E-state index contributed by atoms with van der Waals surface area (Å²) < 4.78 is 5.74. The van der Waals surface area contributed by atoms with Crippen molar-refractivity contribution < 1.29 is 9.63 Å². The zero-order valence-electron chi connectivity index (χ0n) is 9.65. The molecule has 4 heteroatoms. The summed E-state index contributed by atoms with van der Waals surface area (Å²) in [6.45, 7) is 6.20. The Bertz CT molecular complexity index is 357. The second kappa shape index (κ2) is 6.12. The minimum absolute atomic E-state index is 0.0267. The molecule has 0 radical (unpaired) electrons. The fraction of sp³-hybridized carbons (Fsp3) is 0.333. The van der Waals surface area contributed by atoms with E-state index in [4.69, 9.17) is 15.1 Å². The van der Waals surface area contributed by atoms with Crippen LogP contribution >= 0.6 is 7.64 Å². The van der Waals surface area contributed by atoms with Gasteiger partial charge in [0.05, 0.1) is 0 Å². The van der Waals surface area contributed by atoms with E-state index in [1.165, 1.54) is 0 Å². The van der Waals surface area contributed by atoms with E-state index in [-0.39, 0.29) is 6.61 Å². The van der Waals surface area contributed by atoms with E-state index in [2.05, 4.69) is 6.58 Å². The molecule has 0 fully saturated rings. The predicted molar refractivity (Wildman–Crippen MR) is 70.4 cm³/mol. The van der Waals surface area contributed by atoms with Crippen LogP contribution in [0, 0.1) is 0 Å². The molecule has 0 aliphatic rings. The summed E-state index contributed by atoms with van der Waals surface area (Å²) in [5, 5.41) is 9.17. The molecule has 0 aromatic heterocycles. The number of nitrogens with two attached hydrogens (primary N) is 1. The molecule has 1 aromatic rings. The van der Waals surface area contributed by atoms with Crippen molar-refractivity contribution in [3.8, 4) is 0 Å². The van der Waals surface area contributed by atoms with Gasteiger partial charge >= 0.3 is 96.9 Å². The zero-order chi connectivity index (χ0) is 12.0. The van der Waals surface area contributed by atoms with Gasteiger partial charge in [0.25, 0.3) is 0 Å². The summed E-state index contributed by atoms with van der Waals surface area (Å²) in [5.41, 5.74) is 7.95. The first-order valence-electron chi connectivity index (χ1n) is 5.39. The van der Waals surface area contributed by atoms with Crippen LogP contribution in [-0.2, 0) is 17.7 Å². The molecule has 0 aliphatic carbocycles. The summed E-state index contributed by atoms with van der Waals surface area (Å²) >= 11 is 0. The average molecular weight is 241 g/mol. The van der Waals surface area contributed by atoms with Gasteiger partial charge in [-0.1, -0.05) is 0 Å². The first kappa shape index (κ1) is 13.3. The Hall–Kier alpha value is -0.730. The summed E-state index contributed by atoms with van der Waals surface area (Å²) in [7, 11) is -2.23. The first-order chi connectivity index (χ1) is 7.65. The third-order valence-electron chi connectivity index (χ3n) is 2.68. The quantitative estimate of drug-likeness (QED) is 0.752. The molecule has 16 heavy (non-hydrogen) atoms. The van der Waals surface area contributed by atoms with Crippen LogP contribution in [0.25, 0.3) is 0 Å². The molecule has 0 amide bonds. The molecule has 0 saturated heterocycles. The van der Waals surface area contributed by atoms with Crippen LogP contribution < -0.4 is 5.50 Å². The predicted octanol–water partition coefficient (Wildman–Crippen LogP) is 2.40. The Labute approximate surface area is 97.4 Å². The molecule has 0 saturated carbocycles. The second-order valence-electron chi connectivity index (χ2n) is 3.73. The van der Waals surface area contributed by atoms with Crippen molar-refractivity contribution in [1.82, 2.24) is 0 Å². The van der Waals surface area contributed by atoms with E-state index in [0.717, 1.165) is 17.3 Å². The molecule has 3 N–H and O–H groups in total. The molecule has 1 aromatic carbocycles. The van der Waals surface area contributed by atoms with Crippen LogP contribution in [0.1, 0.15) is 18.1 Å². The van der Waals surface area contributed by atoms with Gasteiger partial charge in [0.1, 0.15) is 0 Å². The van der Waals surface area contributed by atoms with Crippen molar-refractivity contribution in [1.29, 1.82) is 0 Å². The molecule has 1 rings (SSSR count). The average Bonchev–Trinajstić information content (AvgIpc) is 2.36. The van der Waals surface area contributed by atoms with Crippen molar-refractivity contribution in [2.75, 3.05) is 6.16 Å². The van der Waals surface area contributed by atoms with Gasteiger partial charge in [-0.2, -0.15) is 0 Å². The van der Waals surface area contributed by atoms with Gasteiger partial charge in [-0.3, -0.25) is 0 Å². The monoisotopic (exact) mass is 241 g/mol. The molecule has 0 spiro atoms. The Kier molecular flexibility index (Phi) is 5.10. The van der Waals surface area contributed by atoms with Gasteiger partial charge in [-0.05, 0) is 0 Å². The van der Waals surface area contributed by atoms with Gasteiger partial charge in [0.2, 0.25) is 0 Å². The number of rotatable bonds is 6. The van der Waals surface area contributed by atoms with Crippen LogP contribution in [0.3, 0.4) is 0 Å². The summed E-state index contributed by atoms with van der Waals surface area (Å²) in [6, 6.07) is 7.66. The van der Waals surface area contributed by atoms with Crippen LogP contribution in [-0.4, -0.2) is 11.3 Å². The van der Waals surface area contributed by atoms with E-state index in [9.17, 15) is 0 Å². The Morgan fingerprint density at radius 2 is 2.06 bits per heavy atom. The fourth-order valence-corrected chi connectivity index (χ4v) is 2.40. The third kappa shape index (κ3) is 3.39. The summed E-state index contributed by atoms with van der Waals surface area (Å²) in [6.07, 6.45) is 0.803. The molecular formula is C12H20NO2P. The third-order valence-corrected chi connectivity index (χ3v) is 5.16. The number of aliphatic hydroxyl groups is 1. The van der Waals surface area contributed by atoms with E-state index in [0.29, 0.717) is 6.61 Å².